The van der Waals surface area contributed by atoms with Gasteiger partial charge in [-0.15, -0.1) is 11.3 Å². The van der Waals surface area contributed by atoms with Crippen molar-refractivity contribution in [1.29, 1.82) is 0 Å². The molecule has 0 atom stereocenters. The standard InChI is InChI=1S/C23H17NO2S/c1-16-9-8-14-19(15-16)26-23(25)22-24-20(17-10-4-2-5-11-17)21(27-22)18-12-6-3-7-13-18/h2-15H,1H3. The molecule has 1 heterocycles. The van der Waals surface area contributed by atoms with E-state index in [4.69, 9.17) is 4.74 Å². The molecule has 0 aliphatic carbocycles. The number of hydrogen-bond donors (Lipinski definition) is 0. The van der Waals surface area contributed by atoms with Gasteiger partial charge in [-0.05, 0) is 30.2 Å². The van der Waals surface area contributed by atoms with E-state index in [0.717, 1.165) is 27.3 Å². The van der Waals surface area contributed by atoms with Crippen LogP contribution in [0.1, 0.15) is 15.4 Å². The van der Waals surface area contributed by atoms with E-state index in [9.17, 15) is 4.79 Å². The van der Waals surface area contributed by atoms with Crippen LogP contribution in [0.2, 0.25) is 0 Å². The Hall–Kier alpha value is -3.24. The predicted octanol–water partition coefficient (Wildman–Crippen LogP) is 6.00. The second-order valence-electron chi connectivity index (χ2n) is 6.13. The molecule has 0 aliphatic heterocycles. The quantitative estimate of drug-likeness (QED) is 0.326. The van der Waals surface area contributed by atoms with Crippen molar-refractivity contribution >= 4 is 17.3 Å². The van der Waals surface area contributed by atoms with Crippen LogP contribution in [0, 0.1) is 6.92 Å². The molecule has 0 bridgehead atoms. The van der Waals surface area contributed by atoms with Crippen LogP contribution in [0.25, 0.3) is 21.7 Å². The molecule has 0 radical (unpaired) electrons. The van der Waals surface area contributed by atoms with Gasteiger partial charge in [0.05, 0.1) is 10.6 Å². The SMILES string of the molecule is Cc1cccc(OC(=O)c2nc(-c3ccccc3)c(-c3ccccc3)s2)c1. The zero-order valence-electron chi connectivity index (χ0n) is 14.8. The Morgan fingerprint density at radius 2 is 1.52 bits per heavy atom. The second-order valence-corrected chi connectivity index (χ2v) is 7.13. The van der Waals surface area contributed by atoms with Gasteiger partial charge in [0.1, 0.15) is 5.75 Å². The van der Waals surface area contributed by atoms with Crippen molar-refractivity contribution in [3.63, 3.8) is 0 Å². The number of aryl methyl sites for hydroxylation is 1. The van der Waals surface area contributed by atoms with E-state index in [1.54, 1.807) is 6.07 Å². The van der Waals surface area contributed by atoms with Crippen molar-refractivity contribution in [1.82, 2.24) is 4.98 Å². The van der Waals surface area contributed by atoms with E-state index in [1.165, 1.54) is 11.3 Å². The predicted molar refractivity (Wildman–Crippen MR) is 109 cm³/mol. The van der Waals surface area contributed by atoms with Crippen LogP contribution in [-0.4, -0.2) is 11.0 Å². The summed E-state index contributed by atoms with van der Waals surface area (Å²) >= 11 is 1.35. The molecule has 4 heteroatoms. The molecule has 27 heavy (non-hydrogen) atoms. The van der Waals surface area contributed by atoms with Gasteiger partial charge in [0.2, 0.25) is 5.01 Å². The molecule has 4 rings (SSSR count). The summed E-state index contributed by atoms with van der Waals surface area (Å²) in [6, 6.07) is 27.3. The van der Waals surface area contributed by atoms with Crippen LogP contribution < -0.4 is 4.74 Å². The highest BCUT2D eigenvalue weighted by Crippen LogP contribution is 2.37. The lowest BCUT2D eigenvalue weighted by atomic mass is 10.1. The molecule has 0 N–H and O–H groups in total. The summed E-state index contributed by atoms with van der Waals surface area (Å²) in [5, 5.41) is 0.342. The third-order valence-electron chi connectivity index (χ3n) is 4.09. The third-order valence-corrected chi connectivity index (χ3v) is 5.17. The van der Waals surface area contributed by atoms with Gasteiger partial charge in [-0.1, -0.05) is 72.8 Å². The van der Waals surface area contributed by atoms with Crippen LogP contribution in [0.3, 0.4) is 0 Å². The van der Waals surface area contributed by atoms with Crippen molar-refractivity contribution in [2.75, 3.05) is 0 Å². The fourth-order valence-corrected chi connectivity index (χ4v) is 3.78. The molecule has 132 valence electrons. The molecule has 0 fully saturated rings. The summed E-state index contributed by atoms with van der Waals surface area (Å²) in [5.74, 6) is 0.0858. The van der Waals surface area contributed by atoms with Crippen LogP contribution in [0.4, 0.5) is 0 Å². The van der Waals surface area contributed by atoms with Crippen molar-refractivity contribution in [2.24, 2.45) is 0 Å². The van der Waals surface area contributed by atoms with Gasteiger partial charge in [-0.2, -0.15) is 0 Å². The number of rotatable bonds is 4. The summed E-state index contributed by atoms with van der Waals surface area (Å²) in [5.41, 5.74) is 3.84. The van der Waals surface area contributed by atoms with E-state index in [-0.39, 0.29) is 0 Å². The van der Waals surface area contributed by atoms with Gasteiger partial charge in [-0.3, -0.25) is 0 Å². The van der Waals surface area contributed by atoms with Crippen LogP contribution in [0.5, 0.6) is 5.75 Å². The Kier molecular flexibility index (Phi) is 4.81. The Labute approximate surface area is 161 Å². The lowest BCUT2D eigenvalue weighted by Gasteiger charge is -2.02. The maximum atomic E-state index is 12.7. The first-order valence-corrected chi connectivity index (χ1v) is 9.43. The van der Waals surface area contributed by atoms with Gasteiger partial charge < -0.3 is 4.74 Å². The molecule has 1 aromatic heterocycles. The topological polar surface area (TPSA) is 39.2 Å². The highest BCUT2D eigenvalue weighted by Gasteiger charge is 2.20. The molecule has 0 aliphatic rings. The Bertz CT molecular complexity index is 1020. The smallest absolute Gasteiger partial charge is 0.372 e. The van der Waals surface area contributed by atoms with Crippen molar-refractivity contribution < 1.29 is 9.53 Å². The molecular formula is C23H17NO2S. The Morgan fingerprint density at radius 1 is 0.852 bits per heavy atom. The summed E-state index contributed by atoms with van der Waals surface area (Å²) in [6.07, 6.45) is 0. The van der Waals surface area contributed by atoms with E-state index >= 15 is 0 Å². The van der Waals surface area contributed by atoms with Crippen molar-refractivity contribution in [3.8, 4) is 27.4 Å². The number of thiazole rings is 1. The number of aromatic nitrogens is 1. The fraction of sp³-hybridized carbons (Fsp3) is 0.0435. The van der Waals surface area contributed by atoms with Gasteiger partial charge in [0.25, 0.3) is 0 Å². The number of hydrogen-bond acceptors (Lipinski definition) is 4. The van der Waals surface area contributed by atoms with E-state index in [2.05, 4.69) is 4.98 Å². The summed E-state index contributed by atoms with van der Waals surface area (Å²) in [7, 11) is 0. The summed E-state index contributed by atoms with van der Waals surface area (Å²) in [6.45, 7) is 1.96. The number of benzene rings is 3. The van der Waals surface area contributed by atoms with Crippen molar-refractivity contribution in [3.05, 3.63) is 95.5 Å². The van der Waals surface area contributed by atoms with E-state index < -0.39 is 5.97 Å². The van der Waals surface area contributed by atoms with E-state index in [1.807, 2.05) is 85.8 Å². The monoisotopic (exact) mass is 371 g/mol. The molecular weight excluding hydrogens is 354 g/mol. The first-order valence-electron chi connectivity index (χ1n) is 8.61. The minimum absolute atomic E-state index is 0.342. The van der Waals surface area contributed by atoms with Crippen LogP contribution in [-0.2, 0) is 0 Å². The number of carbonyl (C=O) groups is 1. The number of esters is 1. The fourth-order valence-electron chi connectivity index (χ4n) is 2.81. The maximum Gasteiger partial charge on any atom is 0.372 e. The highest BCUT2D eigenvalue weighted by molar-refractivity contribution is 7.17. The van der Waals surface area contributed by atoms with E-state index in [0.29, 0.717) is 10.8 Å². The summed E-state index contributed by atoms with van der Waals surface area (Å²) in [4.78, 5) is 18.3. The lowest BCUT2D eigenvalue weighted by Crippen LogP contribution is -2.08. The first-order chi connectivity index (χ1) is 13.2. The Morgan fingerprint density at radius 3 is 2.19 bits per heavy atom. The second kappa shape index (κ2) is 7.56. The molecule has 0 spiro atoms. The normalized spacial score (nSPS) is 10.6. The zero-order valence-corrected chi connectivity index (χ0v) is 15.6. The third kappa shape index (κ3) is 3.81. The maximum absolute atomic E-state index is 12.7. The number of ether oxygens (including phenoxy) is 1. The molecule has 0 saturated carbocycles. The highest BCUT2D eigenvalue weighted by atomic mass is 32.1. The van der Waals surface area contributed by atoms with Crippen LogP contribution in [0.15, 0.2) is 84.9 Å². The largest absolute Gasteiger partial charge is 0.421 e. The van der Waals surface area contributed by atoms with Gasteiger partial charge >= 0.3 is 5.97 Å². The minimum Gasteiger partial charge on any atom is -0.421 e. The molecule has 0 amide bonds. The van der Waals surface area contributed by atoms with Gasteiger partial charge in [0.15, 0.2) is 0 Å². The average Bonchev–Trinajstić information content (AvgIpc) is 3.15. The van der Waals surface area contributed by atoms with Gasteiger partial charge in [0, 0.05) is 5.56 Å². The first kappa shape index (κ1) is 17.2. The molecule has 4 aromatic rings. The van der Waals surface area contributed by atoms with Gasteiger partial charge in [-0.25, -0.2) is 9.78 Å². The average molecular weight is 371 g/mol. The molecule has 0 unspecified atom stereocenters. The minimum atomic E-state index is -0.440. The molecule has 0 saturated heterocycles. The number of nitrogens with zero attached hydrogens (tertiary/aromatic N) is 1. The lowest BCUT2D eigenvalue weighted by molar-refractivity contribution is 0.0734. The zero-order chi connectivity index (χ0) is 18.6. The molecule has 3 aromatic carbocycles. The number of carbonyl (C=O) groups excluding carboxylic acids is 1. The van der Waals surface area contributed by atoms with Crippen molar-refractivity contribution in [2.45, 2.75) is 6.92 Å². The Balaban J connectivity index is 1.74. The van der Waals surface area contributed by atoms with Crippen LogP contribution >= 0.6 is 11.3 Å². The molecule has 3 nitrogen and oxygen atoms in total. The summed E-state index contributed by atoms with van der Waals surface area (Å²) < 4.78 is 5.53.